The van der Waals surface area contributed by atoms with Crippen LogP contribution in [0, 0.1) is 5.82 Å². The van der Waals surface area contributed by atoms with E-state index in [9.17, 15) is 18.8 Å². The summed E-state index contributed by atoms with van der Waals surface area (Å²) < 4.78 is 29.5. The third-order valence-corrected chi connectivity index (χ3v) is 4.96. The summed E-state index contributed by atoms with van der Waals surface area (Å²) in [7, 11) is 2.88. The first-order chi connectivity index (χ1) is 17.8. The molecule has 3 amide bonds. The molecule has 3 N–H and O–H groups in total. The summed E-state index contributed by atoms with van der Waals surface area (Å²) in [5.74, 6) is -2.25. The van der Waals surface area contributed by atoms with Crippen LogP contribution in [0.4, 0.5) is 15.8 Å². The van der Waals surface area contributed by atoms with Gasteiger partial charge >= 0.3 is 11.8 Å². The Labute approximate surface area is 216 Å². The van der Waals surface area contributed by atoms with Crippen LogP contribution in [0.5, 0.6) is 17.2 Å². The Hall–Kier alpha value is -4.64. The summed E-state index contributed by atoms with van der Waals surface area (Å²) in [5, 5.41) is 8.65. The number of methoxy groups -OCH3 is 2. The minimum absolute atomic E-state index is 0.0143. The zero-order valence-corrected chi connectivity index (χ0v) is 20.5. The molecule has 0 aliphatic heterocycles. The van der Waals surface area contributed by atoms with E-state index in [4.69, 9.17) is 25.8 Å². The van der Waals surface area contributed by atoms with Gasteiger partial charge in [0, 0.05) is 5.69 Å². The number of hydrogen-bond acceptors (Lipinski definition) is 7. The van der Waals surface area contributed by atoms with E-state index >= 15 is 0 Å². The molecule has 0 fully saturated rings. The molecule has 10 nitrogen and oxygen atoms in total. The lowest BCUT2D eigenvalue weighted by atomic mass is 10.2. The summed E-state index contributed by atoms with van der Waals surface area (Å²) in [6.07, 6.45) is 1.24. The SMILES string of the molecule is COc1ccc(NC(=O)C(=O)N/N=C\c2cc(Cl)c(OCC(=O)Nc3ccccc3F)c(OC)c2)cc1. The molecule has 192 valence electrons. The Morgan fingerprint density at radius 1 is 0.973 bits per heavy atom. The maximum Gasteiger partial charge on any atom is 0.329 e. The van der Waals surface area contributed by atoms with Crippen molar-refractivity contribution < 1.29 is 33.0 Å². The van der Waals surface area contributed by atoms with E-state index < -0.39 is 30.1 Å². The molecule has 0 aromatic heterocycles. The van der Waals surface area contributed by atoms with Gasteiger partial charge in [0.1, 0.15) is 11.6 Å². The highest BCUT2D eigenvalue weighted by Crippen LogP contribution is 2.36. The van der Waals surface area contributed by atoms with Crippen LogP contribution in [0.3, 0.4) is 0 Å². The second-order valence-electron chi connectivity index (χ2n) is 7.23. The zero-order chi connectivity index (χ0) is 26.8. The fourth-order valence-electron chi connectivity index (χ4n) is 2.92. The molecule has 37 heavy (non-hydrogen) atoms. The van der Waals surface area contributed by atoms with Gasteiger partial charge in [0.2, 0.25) is 0 Å². The van der Waals surface area contributed by atoms with E-state index in [1.807, 2.05) is 0 Å². The maximum atomic E-state index is 13.7. The Bertz CT molecular complexity index is 1320. The van der Waals surface area contributed by atoms with Gasteiger partial charge < -0.3 is 24.8 Å². The van der Waals surface area contributed by atoms with Gasteiger partial charge in [-0.3, -0.25) is 14.4 Å². The molecule has 0 spiro atoms. The Kier molecular flexibility index (Phi) is 9.39. The predicted octanol–water partition coefficient (Wildman–Crippen LogP) is 3.60. The number of benzene rings is 3. The largest absolute Gasteiger partial charge is 0.497 e. The van der Waals surface area contributed by atoms with Crippen molar-refractivity contribution in [2.45, 2.75) is 0 Å². The molecule has 3 rings (SSSR count). The number of nitrogens with one attached hydrogen (secondary N) is 3. The van der Waals surface area contributed by atoms with E-state index in [1.54, 1.807) is 30.3 Å². The Balaban J connectivity index is 1.57. The minimum Gasteiger partial charge on any atom is -0.497 e. The van der Waals surface area contributed by atoms with Crippen molar-refractivity contribution >= 4 is 46.9 Å². The van der Waals surface area contributed by atoms with Crippen LogP contribution in [0.2, 0.25) is 5.02 Å². The molecule has 0 unspecified atom stereocenters. The first-order valence-electron chi connectivity index (χ1n) is 10.6. The number of anilines is 2. The summed E-state index contributed by atoms with van der Waals surface area (Å²) in [4.78, 5) is 36.2. The summed E-state index contributed by atoms with van der Waals surface area (Å²) in [6, 6.07) is 15.1. The highest BCUT2D eigenvalue weighted by molar-refractivity contribution is 6.39. The van der Waals surface area contributed by atoms with Gasteiger partial charge in [-0.25, -0.2) is 9.82 Å². The number of ether oxygens (including phenoxy) is 3. The molecular weight excluding hydrogens is 507 g/mol. The molecule has 0 saturated heterocycles. The molecule has 0 aliphatic rings. The Morgan fingerprint density at radius 2 is 1.70 bits per heavy atom. The van der Waals surface area contributed by atoms with Gasteiger partial charge in [-0.1, -0.05) is 23.7 Å². The van der Waals surface area contributed by atoms with E-state index in [-0.39, 0.29) is 22.2 Å². The van der Waals surface area contributed by atoms with E-state index in [1.165, 1.54) is 50.8 Å². The first-order valence-corrected chi connectivity index (χ1v) is 11.0. The second kappa shape index (κ2) is 12.9. The van der Waals surface area contributed by atoms with Crippen molar-refractivity contribution in [1.82, 2.24) is 5.43 Å². The molecule has 12 heteroatoms. The fourth-order valence-corrected chi connectivity index (χ4v) is 3.19. The molecule has 0 atom stereocenters. The van der Waals surface area contributed by atoms with Gasteiger partial charge in [0.05, 0.1) is 31.1 Å². The monoisotopic (exact) mass is 528 g/mol. The van der Waals surface area contributed by atoms with Crippen LogP contribution in [0.1, 0.15) is 5.56 Å². The molecule has 0 bridgehead atoms. The number of halogens is 2. The number of rotatable bonds is 9. The quantitative estimate of drug-likeness (QED) is 0.221. The topological polar surface area (TPSA) is 127 Å². The number of carbonyl (C=O) groups is 3. The van der Waals surface area contributed by atoms with Gasteiger partial charge in [0.25, 0.3) is 5.91 Å². The lowest BCUT2D eigenvalue weighted by Crippen LogP contribution is -2.32. The molecule has 0 saturated carbocycles. The fraction of sp³-hybridized carbons (Fsp3) is 0.120. The lowest BCUT2D eigenvalue weighted by molar-refractivity contribution is -0.136. The highest BCUT2D eigenvalue weighted by Gasteiger charge is 2.15. The van der Waals surface area contributed by atoms with Crippen molar-refractivity contribution in [1.29, 1.82) is 0 Å². The number of amides is 3. The number of hydrazone groups is 1. The van der Waals surface area contributed by atoms with Crippen molar-refractivity contribution in [3.8, 4) is 17.2 Å². The normalized spacial score (nSPS) is 10.5. The Morgan fingerprint density at radius 3 is 2.38 bits per heavy atom. The van der Waals surface area contributed by atoms with E-state index in [0.29, 0.717) is 17.0 Å². The second-order valence-corrected chi connectivity index (χ2v) is 7.64. The number of para-hydroxylation sites is 1. The first kappa shape index (κ1) is 27.0. The molecule has 0 radical (unpaired) electrons. The van der Waals surface area contributed by atoms with Crippen molar-refractivity contribution in [2.24, 2.45) is 5.10 Å². The standard InChI is InChI=1S/C25H22ClFN4O6/c1-35-17-9-7-16(8-10-17)29-24(33)25(34)31-28-13-15-11-18(26)23(21(12-15)36-2)37-14-22(32)30-20-6-4-3-5-19(20)27/h3-13H,14H2,1-2H3,(H,29,33)(H,30,32)(H,31,34)/b28-13-. The lowest BCUT2D eigenvalue weighted by Gasteiger charge is -2.13. The van der Waals surface area contributed by atoms with Crippen LogP contribution in [0.25, 0.3) is 0 Å². The average molecular weight is 529 g/mol. The summed E-state index contributed by atoms with van der Waals surface area (Å²) in [6.45, 7) is -0.461. The van der Waals surface area contributed by atoms with Crippen molar-refractivity contribution in [3.63, 3.8) is 0 Å². The van der Waals surface area contributed by atoms with Gasteiger partial charge in [-0.15, -0.1) is 0 Å². The van der Waals surface area contributed by atoms with Crippen LogP contribution in [0.15, 0.2) is 65.8 Å². The number of nitrogens with zero attached hydrogens (tertiary/aromatic N) is 1. The summed E-state index contributed by atoms with van der Waals surface area (Å²) >= 11 is 6.27. The van der Waals surface area contributed by atoms with Crippen LogP contribution >= 0.6 is 11.6 Å². The smallest absolute Gasteiger partial charge is 0.329 e. The minimum atomic E-state index is -0.994. The van der Waals surface area contributed by atoms with Crippen molar-refractivity contribution in [2.75, 3.05) is 31.5 Å². The van der Waals surface area contributed by atoms with Crippen LogP contribution in [-0.2, 0) is 14.4 Å². The van der Waals surface area contributed by atoms with Gasteiger partial charge in [0.15, 0.2) is 18.1 Å². The third-order valence-electron chi connectivity index (χ3n) is 4.68. The molecular formula is C25H22ClFN4O6. The van der Waals surface area contributed by atoms with E-state index in [0.717, 1.165) is 0 Å². The van der Waals surface area contributed by atoms with E-state index in [2.05, 4.69) is 21.2 Å². The number of hydrogen-bond donors (Lipinski definition) is 3. The zero-order valence-electron chi connectivity index (χ0n) is 19.7. The number of carbonyl (C=O) groups excluding carboxylic acids is 3. The van der Waals surface area contributed by atoms with Crippen molar-refractivity contribution in [3.05, 3.63) is 77.1 Å². The van der Waals surface area contributed by atoms with Gasteiger partial charge in [-0.05, 0) is 54.1 Å². The summed E-state index contributed by atoms with van der Waals surface area (Å²) in [5.41, 5.74) is 2.93. The molecule has 0 heterocycles. The predicted molar refractivity (Wildman–Crippen MR) is 136 cm³/mol. The van der Waals surface area contributed by atoms with Crippen LogP contribution < -0.4 is 30.3 Å². The molecule has 3 aromatic carbocycles. The third kappa shape index (κ3) is 7.67. The highest BCUT2D eigenvalue weighted by atomic mass is 35.5. The molecule has 0 aliphatic carbocycles. The maximum absolute atomic E-state index is 13.7. The van der Waals surface area contributed by atoms with Gasteiger partial charge in [-0.2, -0.15) is 5.10 Å². The average Bonchev–Trinajstić information content (AvgIpc) is 2.89. The molecule has 3 aromatic rings. The van der Waals surface area contributed by atoms with Crippen LogP contribution in [-0.4, -0.2) is 44.8 Å².